The maximum Gasteiger partial charge on any atom is 0.407 e. The van der Waals surface area contributed by atoms with E-state index < -0.39 is 21.9 Å². The van der Waals surface area contributed by atoms with Gasteiger partial charge in [0.15, 0.2) is 5.03 Å². The van der Waals surface area contributed by atoms with E-state index in [1.54, 1.807) is 12.1 Å². The minimum atomic E-state index is -4.06. The lowest BCUT2D eigenvalue weighted by Gasteiger charge is -2.27. The molecule has 0 aliphatic rings. The molecule has 1 N–H and O–H groups in total. The number of amides is 1. The van der Waals surface area contributed by atoms with E-state index in [0.717, 1.165) is 11.3 Å². The topological polar surface area (TPSA) is 100 Å². The van der Waals surface area contributed by atoms with Crippen LogP contribution >= 0.6 is 11.3 Å². The van der Waals surface area contributed by atoms with Crippen molar-refractivity contribution in [2.75, 3.05) is 6.54 Å². The minimum Gasteiger partial charge on any atom is -0.465 e. The van der Waals surface area contributed by atoms with E-state index in [0.29, 0.717) is 4.88 Å². The van der Waals surface area contributed by atoms with Gasteiger partial charge in [0, 0.05) is 34.9 Å². The summed E-state index contributed by atoms with van der Waals surface area (Å²) in [6.45, 7) is 5.95. The molecule has 0 fully saturated rings. The molecular formula is C21H22FN3O4S2. The quantitative estimate of drug-likeness (QED) is 0.532. The zero-order valence-electron chi connectivity index (χ0n) is 17.2. The van der Waals surface area contributed by atoms with Crippen molar-refractivity contribution in [2.45, 2.75) is 36.6 Å². The average molecular weight is 464 g/mol. The van der Waals surface area contributed by atoms with Crippen LogP contribution in [0.2, 0.25) is 0 Å². The molecule has 3 heterocycles. The van der Waals surface area contributed by atoms with Crippen LogP contribution in [0.15, 0.2) is 58.0 Å². The zero-order valence-corrected chi connectivity index (χ0v) is 18.9. The van der Waals surface area contributed by atoms with E-state index in [1.807, 2.05) is 20.8 Å². The van der Waals surface area contributed by atoms with Gasteiger partial charge in [0.05, 0.1) is 6.54 Å². The molecule has 0 radical (unpaired) electrons. The number of rotatable bonds is 6. The van der Waals surface area contributed by atoms with E-state index in [1.165, 1.54) is 41.6 Å². The third-order valence-corrected chi connectivity index (χ3v) is 7.56. The summed E-state index contributed by atoms with van der Waals surface area (Å²) in [5.41, 5.74) is -0.133. The number of hydrogen-bond acceptors (Lipinski definition) is 6. The number of thiophene rings is 1. The van der Waals surface area contributed by atoms with Crippen molar-refractivity contribution in [1.82, 2.24) is 14.9 Å². The molecule has 3 aromatic heterocycles. The lowest BCUT2D eigenvalue weighted by Crippen LogP contribution is -2.36. The molecule has 164 valence electrons. The second kappa shape index (κ2) is 8.72. The monoisotopic (exact) mass is 463 g/mol. The summed E-state index contributed by atoms with van der Waals surface area (Å²) in [7, 11) is -4.06. The molecule has 0 atom stereocenters. The fourth-order valence-corrected chi connectivity index (χ4v) is 6.06. The van der Waals surface area contributed by atoms with Crippen LogP contribution in [0.1, 0.15) is 25.6 Å². The average Bonchev–Trinajstić information content (AvgIpc) is 3.12. The molecule has 31 heavy (non-hydrogen) atoms. The van der Waals surface area contributed by atoms with Gasteiger partial charge in [-0.2, -0.15) is 4.39 Å². The summed E-state index contributed by atoms with van der Waals surface area (Å²) >= 11 is 0.909. The number of hydrogen-bond donors (Lipinski definition) is 1. The Morgan fingerprint density at radius 2 is 1.84 bits per heavy atom. The lowest BCUT2D eigenvalue weighted by molar-refractivity contribution is 0.123. The Morgan fingerprint density at radius 3 is 2.42 bits per heavy atom. The normalized spacial score (nSPS) is 12.0. The molecule has 0 aliphatic carbocycles. The molecule has 0 aromatic carbocycles. The van der Waals surface area contributed by atoms with Crippen LogP contribution in [0.4, 0.5) is 9.18 Å². The van der Waals surface area contributed by atoms with Crippen molar-refractivity contribution in [3.05, 3.63) is 59.6 Å². The Balaban J connectivity index is 2.13. The van der Waals surface area contributed by atoms with Crippen LogP contribution in [0.5, 0.6) is 0 Å². The van der Waals surface area contributed by atoms with Crippen molar-refractivity contribution in [3.63, 3.8) is 0 Å². The van der Waals surface area contributed by atoms with Gasteiger partial charge in [0.1, 0.15) is 4.21 Å². The number of aromatic nitrogens is 2. The van der Waals surface area contributed by atoms with E-state index in [2.05, 4.69) is 9.97 Å². The summed E-state index contributed by atoms with van der Waals surface area (Å²) in [6.07, 6.45) is 1.52. The molecule has 0 unspecified atom stereocenters. The molecule has 0 saturated carbocycles. The van der Waals surface area contributed by atoms with Gasteiger partial charge in [-0.3, -0.25) is 0 Å². The highest BCUT2D eigenvalue weighted by molar-refractivity contribution is 7.93. The number of nitrogens with zero attached hydrogens (tertiary/aromatic N) is 3. The first-order chi connectivity index (χ1) is 14.5. The number of halogens is 1. The fourth-order valence-electron chi connectivity index (χ4n) is 3.03. The van der Waals surface area contributed by atoms with Gasteiger partial charge in [-0.25, -0.2) is 23.2 Å². The highest BCUT2D eigenvalue weighted by Gasteiger charge is 2.29. The first kappa shape index (κ1) is 22.8. The fraction of sp³-hybridized carbons (Fsp3) is 0.286. The predicted molar refractivity (Wildman–Crippen MR) is 115 cm³/mol. The third kappa shape index (κ3) is 5.26. The summed E-state index contributed by atoms with van der Waals surface area (Å²) in [5.74, 6) is -0.811. The molecule has 0 spiro atoms. The summed E-state index contributed by atoms with van der Waals surface area (Å²) in [5, 5.41) is 9.44. The SMILES string of the molecule is CC(C)(C)CN(Cc1cc(-c2cccnc2F)c(S(=O)(=O)c2ccccn2)s1)C(=O)O. The van der Waals surface area contributed by atoms with Crippen LogP contribution < -0.4 is 0 Å². The van der Waals surface area contributed by atoms with Crippen LogP contribution in [0.25, 0.3) is 11.1 Å². The van der Waals surface area contributed by atoms with Crippen LogP contribution in [0, 0.1) is 11.4 Å². The van der Waals surface area contributed by atoms with Gasteiger partial charge in [0.2, 0.25) is 15.8 Å². The highest BCUT2D eigenvalue weighted by atomic mass is 32.2. The number of pyridine rings is 2. The Labute approximate surface area is 184 Å². The number of carbonyl (C=O) groups is 1. The largest absolute Gasteiger partial charge is 0.465 e. The minimum absolute atomic E-state index is 0.0239. The Kier molecular flexibility index (Phi) is 6.42. The van der Waals surface area contributed by atoms with Gasteiger partial charge in [-0.15, -0.1) is 11.3 Å². The second-order valence-electron chi connectivity index (χ2n) is 8.13. The lowest BCUT2D eigenvalue weighted by atomic mass is 9.96. The van der Waals surface area contributed by atoms with Crippen LogP contribution in [-0.4, -0.2) is 41.0 Å². The number of sulfone groups is 1. The van der Waals surface area contributed by atoms with Crippen molar-refractivity contribution >= 4 is 27.3 Å². The maximum atomic E-state index is 14.4. The van der Waals surface area contributed by atoms with Crippen molar-refractivity contribution in [2.24, 2.45) is 5.41 Å². The summed E-state index contributed by atoms with van der Waals surface area (Å²) < 4.78 is 40.9. The molecule has 1 amide bonds. The van der Waals surface area contributed by atoms with Gasteiger partial charge < -0.3 is 10.0 Å². The van der Waals surface area contributed by atoms with E-state index >= 15 is 0 Å². The Bertz CT molecular complexity index is 1190. The first-order valence-corrected chi connectivity index (χ1v) is 11.7. The molecular weight excluding hydrogens is 441 g/mol. The van der Waals surface area contributed by atoms with Gasteiger partial charge in [-0.1, -0.05) is 26.8 Å². The second-order valence-corrected chi connectivity index (χ2v) is 11.4. The highest BCUT2D eigenvalue weighted by Crippen LogP contribution is 2.39. The molecule has 0 aliphatic heterocycles. The maximum absolute atomic E-state index is 14.4. The first-order valence-electron chi connectivity index (χ1n) is 9.36. The molecule has 0 saturated heterocycles. The van der Waals surface area contributed by atoms with Crippen molar-refractivity contribution in [3.8, 4) is 11.1 Å². The molecule has 10 heteroatoms. The summed E-state index contributed by atoms with van der Waals surface area (Å²) in [6, 6.07) is 8.97. The molecule has 3 rings (SSSR count). The van der Waals surface area contributed by atoms with Gasteiger partial charge >= 0.3 is 6.09 Å². The van der Waals surface area contributed by atoms with Gasteiger partial charge in [-0.05, 0) is 35.7 Å². The van der Waals surface area contributed by atoms with Crippen molar-refractivity contribution < 1.29 is 22.7 Å². The van der Waals surface area contributed by atoms with E-state index in [9.17, 15) is 22.7 Å². The Hall–Kier alpha value is -2.85. The Morgan fingerprint density at radius 1 is 1.13 bits per heavy atom. The van der Waals surface area contributed by atoms with Crippen LogP contribution in [-0.2, 0) is 16.4 Å². The molecule has 7 nitrogen and oxygen atoms in total. The van der Waals surface area contributed by atoms with E-state index in [4.69, 9.17) is 0 Å². The molecule has 0 bridgehead atoms. The van der Waals surface area contributed by atoms with Gasteiger partial charge in [0.25, 0.3) is 0 Å². The summed E-state index contributed by atoms with van der Waals surface area (Å²) in [4.78, 5) is 21.0. The molecule has 3 aromatic rings. The third-order valence-electron chi connectivity index (χ3n) is 4.24. The zero-order chi connectivity index (χ0) is 22.8. The number of carboxylic acid groups (broad SMARTS) is 1. The standard InChI is InChI=1S/C21H22FN3O4S2/c1-21(2,3)13-25(20(26)27)12-14-11-16(15-7-6-10-24-18(15)22)19(30-14)31(28,29)17-8-4-5-9-23-17/h4-11H,12-13H2,1-3H3,(H,26,27). The van der Waals surface area contributed by atoms with Crippen molar-refractivity contribution in [1.29, 1.82) is 0 Å². The van der Waals surface area contributed by atoms with E-state index in [-0.39, 0.29) is 38.9 Å². The predicted octanol–water partition coefficient (Wildman–Crippen LogP) is 4.70. The van der Waals surface area contributed by atoms with Crippen LogP contribution in [0.3, 0.4) is 0 Å². The smallest absolute Gasteiger partial charge is 0.407 e.